The smallest absolute Gasteiger partial charge is 0.188 e. The Kier molecular flexibility index (Phi) is 2.94. The minimum Gasteiger partial charge on any atom is -0.377 e. The van der Waals surface area contributed by atoms with Gasteiger partial charge in [-0.05, 0) is 12.1 Å². The predicted octanol–water partition coefficient (Wildman–Crippen LogP) is 1.65. The molecule has 1 aromatic carbocycles. The number of ether oxygens (including phenoxy) is 1. The van der Waals surface area contributed by atoms with Crippen LogP contribution in [0, 0.1) is 5.82 Å². The maximum atomic E-state index is 12.6. The molecule has 0 fully saturated rings. The highest BCUT2D eigenvalue weighted by Gasteiger charge is 2.04. The van der Waals surface area contributed by atoms with E-state index in [1.54, 1.807) is 6.07 Å². The van der Waals surface area contributed by atoms with Crippen molar-refractivity contribution in [3.8, 4) is 0 Å². The van der Waals surface area contributed by atoms with Crippen molar-refractivity contribution in [2.75, 3.05) is 13.7 Å². The maximum Gasteiger partial charge on any atom is 0.188 e. The summed E-state index contributed by atoms with van der Waals surface area (Å²) in [5.41, 5.74) is 0.344. The summed E-state index contributed by atoms with van der Waals surface area (Å²) >= 11 is 0. The van der Waals surface area contributed by atoms with Gasteiger partial charge in [0, 0.05) is 12.7 Å². The van der Waals surface area contributed by atoms with E-state index in [4.69, 9.17) is 0 Å². The molecule has 64 valence electrons. The Labute approximate surface area is 70.0 Å². The van der Waals surface area contributed by atoms with Gasteiger partial charge in [-0.1, -0.05) is 12.1 Å². The fourth-order valence-electron chi connectivity index (χ4n) is 0.876. The van der Waals surface area contributed by atoms with Crippen LogP contribution in [0.15, 0.2) is 24.3 Å². The summed E-state index contributed by atoms with van der Waals surface area (Å²) in [4.78, 5) is 11.1. The lowest BCUT2D eigenvalue weighted by Gasteiger charge is -1.98. The lowest BCUT2D eigenvalue weighted by atomic mass is 10.1. The minimum absolute atomic E-state index is 0.0105. The number of methoxy groups -OCH3 is 1. The van der Waals surface area contributed by atoms with Crippen LogP contribution >= 0.6 is 0 Å². The van der Waals surface area contributed by atoms with Gasteiger partial charge < -0.3 is 4.74 Å². The Morgan fingerprint density at radius 2 is 2.33 bits per heavy atom. The number of carbonyl (C=O) groups is 1. The second-order valence-electron chi connectivity index (χ2n) is 2.37. The van der Waals surface area contributed by atoms with Gasteiger partial charge in [-0.15, -0.1) is 0 Å². The molecule has 0 bridgehead atoms. The Hall–Kier alpha value is -1.22. The third-order valence-electron chi connectivity index (χ3n) is 1.42. The highest BCUT2D eigenvalue weighted by molar-refractivity contribution is 5.97. The molecule has 0 aliphatic carbocycles. The van der Waals surface area contributed by atoms with Crippen LogP contribution in [0.4, 0.5) is 4.39 Å². The average Bonchev–Trinajstić information content (AvgIpc) is 2.05. The van der Waals surface area contributed by atoms with Crippen molar-refractivity contribution in [3.63, 3.8) is 0 Å². The first-order chi connectivity index (χ1) is 5.74. The normalized spacial score (nSPS) is 9.83. The molecule has 0 radical (unpaired) electrons. The van der Waals surface area contributed by atoms with Crippen molar-refractivity contribution in [1.29, 1.82) is 0 Å². The molecule has 1 rings (SSSR count). The first-order valence-electron chi connectivity index (χ1n) is 3.51. The number of ketones is 1. The number of carbonyl (C=O) groups excluding carboxylic acids is 1. The first-order valence-corrected chi connectivity index (χ1v) is 3.51. The number of hydrogen-bond donors (Lipinski definition) is 0. The molecular formula is C9H9FO2. The van der Waals surface area contributed by atoms with Crippen molar-refractivity contribution in [2.45, 2.75) is 0 Å². The molecule has 3 heteroatoms. The standard InChI is InChI=1S/C9H9FO2/c1-12-6-9(11)7-3-2-4-8(10)5-7/h2-5H,6H2,1H3. The highest BCUT2D eigenvalue weighted by atomic mass is 19.1. The summed E-state index contributed by atoms with van der Waals surface area (Å²) in [5.74, 6) is -0.617. The van der Waals surface area contributed by atoms with Gasteiger partial charge in [0.15, 0.2) is 5.78 Å². The Morgan fingerprint density at radius 1 is 1.58 bits per heavy atom. The zero-order valence-corrected chi connectivity index (χ0v) is 6.71. The summed E-state index contributed by atoms with van der Waals surface area (Å²) in [5, 5.41) is 0. The second-order valence-corrected chi connectivity index (χ2v) is 2.37. The van der Waals surface area contributed by atoms with Crippen molar-refractivity contribution >= 4 is 5.78 Å². The van der Waals surface area contributed by atoms with Crippen molar-refractivity contribution in [1.82, 2.24) is 0 Å². The molecule has 0 atom stereocenters. The van der Waals surface area contributed by atoms with Gasteiger partial charge in [-0.2, -0.15) is 0 Å². The lowest BCUT2D eigenvalue weighted by Crippen LogP contribution is -2.06. The Bertz CT molecular complexity index is 284. The number of benzene rings is 1. The molecule has 0 spiro atoms. The topological polar surface area (TPSA) is 26.3 Å². The molecule has 0 saturated carbocycles. The summed E-state index contributed by atoms with van der Waals surface area (Å²) in [7, 11) is 1.43. The van der Waals surface area contributed by atoms with Crippen LogP contribution in [0.5, 0.6) is 0 Å². The van der Waals surface area contributed by atoms with Gasteiger partial charge in [-0.3, -0.25) is 4.79 Å². The van der Waals surface area contributed by atoms with Crippen LogP contribution in [0.1, 0.15) is 10.4 Å². The number of rotatable bonds is 3. The minimum atomic E-state index is -0.406. The predicted molar refractivity (Wildman–Crippen MR) is 42.6 cm³/mol. The summed E-state index contributed by atoms with van der Waals surface area (Å²) in [6, 6.07) is 5.55. The molecule has 0 aromatic heterocycles. The summed E-state index contributed by atoms with van der Waals surface area (Å²) in [6.45, 7) is -0.0105. The first kappa shape index (κ1) is 8.87. The molecule has 0 unspecified atom stereocenters. The zero-order chi connectivity index (χ0) is 8.97. The fraction of sp³-hybridized carbons (Fsp3) is 0.222. The van der Waals surface area contributed by atoms with Crippen molar-refractivity contribution < 1.29 is 13.9 Å². The van der Waals surface area contributed by atoms with E-state index in [-0.39, 0.29) is 12.4 Å². The SMILES string of the molecule is COCC(=O)c1cccc(F)c1. The van der Waals surface area contributed by atoms with Crippen molar-refractivity contribution in [3.05, 3.63) is 35.6 Å². The van der Waals surface area contributed by atoms with Crippen LogP contribution in [0.25, 0.3) is 0 Å². The molecule has 0 heterocycles. The van der Waals surface area contributed by atoms with E-state index in [2.05, 4.69) is 4.74 Å². The fourth-order valence-corrected chi connectivity index (χ4v) is 0.876. The van der Waals surface area contributed by atoms with Gasteiger partial charge >= 0.3 is 0 Å². The van der Waals surface area contributed by atoms with E-state index >= 15 is 0 Å². The van der Waals surface area contributed by atoms with Crippen LogP contribution in [0.3, 0.4) is 0 Å². The highest BCUT2D eigenvalue weighted by Crippen LogP contribution is 2.04. The molecule has 0 amide bonds. The Morgan fingerprint density at radius 3 is 2.92 bits per heavy atom. The van der Waals surface area contributed by atoms with Crippen LogP contribution in [-0.2, 0) is 4.74 Å². The quantitative estimate of drug-likeness (QED) is 0.641. The number of halogens is 1. The molecule has 0 N–H and O–H groups in total. The average molecular weight is 168 g/mol. The van der Waals surface area contributed by atoms with Crippen LogP contribution < -0.4 is 0 Å². The van der Waals surface area contributed by atoms with Crippen LogP contribution in [-0.4, -0.2) is 19.5 Å². The van der Waals surface area contributed by atoms with Gasteiger partial charge in [0.1, 0.15) is 12.4 Å². The van der Waals surface area contributed by atoms with Gasteiger partial charge in [0.2, 0.25) is 0 Å². The molecule has 12 heavy (non-hydrogen) atoms. The second kappa shape index (κ2) is 3.97. The third kappa shape index (κ3) is 2.13. The van der Waals surface area contributed by atoms with Crippen LogP contribution in [0.2, 0.25) is 0 Å². The van der Waals surface area contributed by atoms with Gasteiger partial charge in [-0.25, -0.2) is 4.39 Å². The molecular weight excluding hydrogens is 159 g/mol. The molecule has 2 nitrogen and oxygen atoms in total. The lowest BCUT2D eigenvalue weighted by molar-refractivity contribution is 0.0847. The number of hydrogen-bond acceptors (Lipinski definition) is 2. The van der Waals surface area contributed by atoms with E-state index in [0.717, 1.165) is 0 Å². The molecule has 0 aliphatic heterocycles. The number of Topliss-reactive ketones (excluding diaryl/α,β-unsaturated/α-hetero) is 1. The van der Waals surface area contributed by atoms with Crippen molar-refractivity contribution in [2.24, 2.45) is 0 Å². The Balaban J connectivity index is 2.81. The summed E-state index contributed by atoms with van der Waals surface area (Å²) in [6.07, 6.45) is 0. The monoisotopic (exact) mass is 168 g/mol. The van der Waals surface area contributed by atoms with E-state index in [9.17, 15) is 9.18 Å². The molecule has 0 saturated heterocycles. The van der Waals surface area contributed by atoms with E-state index in [1.165, 1.54) is 25.3 Å². The van der Waals surface area contributed by atoms with Gasteiger partial charge in [0.25, 0.3) is 0 Å². The van der Waals surface area contributed by atoms with Gasteiger partial charge in [0.05, 0.1) is 0 Å². The zero-order valence-electron chi connectivity index (χ0n) is 6.71. The maximum absolute atomic E-state index is 12.6. The molecule has 1 aromatic rings. The van der Waals surface area contributed by atoms with E-state index in [1.807, 2.05) is 0 Å². The van der Waals surface area contributed by atoms with E-state index < -0.39 is 5.82 Å². The summed E-state index contributed by atoms with van der Waals surface area (Å²) < 4.78 is 17.2. The molecule has 0 aliphatic rings. The van der Waals surface area contributed by atoms with E-state index in [0.29, 0.717) is 5.56 Å². The largest absolute Gasteiger partial charge is 0.377 e. The third-order valence-corrected chi connectivity index (χ3v) is 1.42.